The molecule has 6 rings (SSSR count). The Bertz CT molecular complexity index is 1770. The number of hydrogen-bond acceptors (Lipinski definition) is 6. The van der Waals surface area contributed by atoms with Crippen LogP contribution in [0.1, 0.15) is 20.9 Å². The van der Waals surface area contributed by atoms with E-state index in [1.54, 1.807) is 23.8 Å². The van der Waals surface area contributed by atoms with Gasteiger partial charge in [0, 0.05) is 35.7 Å². The van der Waals surface area contributed by atoms with E-state index in [-0.39, 0.29) is 16.1 Å². The second-order valence-electron chi connectivity index (χ2n) is 8.47. The molecule has 11 heteroatoms. The minimum Gasteiger partial charge on any atom is -0.328 e. The third-order valence-electron chi connectivity index (χ3n) is 6.22. The number of aromatic nitrogens is 5. The van der Waals surface area contributed by atoms with Crippen molar-refractivity contribution in [3.05, 3.63) is 113 Å². The topological polar surface area (TPSA) is 85.1 Å². The molecule has 5 heterocycles. The number of rotatable bonds is 5. The smallest absolute Gasteiger partial charge is 0.328 e. The second-order valence-corrected chi connectivity index (χ2v) is 9.42. The van der Waals surface area contributed by atoms with E-state index in [1.807, 2.05) is 30.3 Å². The van der Waals surface area contributed by atoms with Crippen molar-refractivity contribution < 1.29 is 18.0 Å². The number of carbonyl (C=O) groups is 1. The number of amides is 1. The van der Waals surface area contributed by atoms with E-state index < -0.39 is 23.3 Å². The fourth-order valence-electron chi connectivity index (χ4n) is 4.41. The highest BCUT2D eigenvalue weighted by Gasteiger charge is 2.61. The van der Waals surface area contributed by atoms with E-state index >= 15 is 13.2 Å². The molecule has 1 aromatic carbocycles. The summed E-state index contributed by atoms with van der Waals surface area (Å²) < 4.78 is 46.7. The van der Waals surface area contributed by atoms with Crippen LogP contribution in [0.3, 0.4) is 0 Å². The van der Waals surface area contributed by atoms with Crippen LogP contribution >= 0.6 is 11.3 Å². The number of benzene rings is 1. The standard InChI is InChI=1S/C27H17F3N6OS/c28-27(29,30)26(23-7-1-2-10-32-23,35-25(37)22-6-4-12-38-22)20-15-34-36-16-19(14-33-24(20)36)17-8-9-21-18(13-17)5-3-11-31-21/h1-16H,(H,35,37). The zero-order valence-electron chi connectivity index (χ0n) is 19.4. The number of fused-ring (bicyclic) bond motifs is 2. The van der Waals surface area contributed by atoms with Crippen molar-refractivity contribution in [3.63, 3.8) is 0 Å². The maximum atomic E-state index is 15.1. The summed E-state index contributed by atoms with van der Waals surface area (Å²) in [7, 11) is 0. The number of halogens is 3. The van der Waals surface area contributed by atoms with Gasteiger partial charge < -0.3 is 5.32 Å². The van der Waals surface area contributed by atoms with Crippen LogP contribution in [0.15, 0.2) is 97.0 Å². The molecular weight excluding hydrogens is 513 g/mol. The van der Waals surface area contributed by atoms with Gasteiger partial charge in [0.2, 0.25) is 5.54 Å². The van der Waals surface area contributed by atoms with Crippen molar-refractivity contribution in [1.29, 1.82) is 0 Å². The fourth-order valence-corrected chi connectivity index (χ4v) is 5.02. The molecule has 0 bridgehead atoms. The SMILES string of the molecule is O=C(NC(c1ccccn1)(c1cnn2cc(-c3ccc4ncccc4c3)cnc12)C(F)(F)F)c1cccs1. The molecule has 1 N–H and O–H groups in total. The van der Waals surface area contributed by atoms with Crippen molar-refractivity contribution in [2.45, 2.75) is 11.7 Å². The Balaban J connectivity index is 1.52. The van der Waals surface area contributed by atoms with Gasteiger partial charge in [0.05, 0.1) is 27.8 Å². The molecule has 0 spiro atoms. The first kappa shape index (κ1) is 23.7. The van der Waals surface area contributed by atoms with E-state index in [1.165, 1.54) is 41.2 Å². The van der Waals surface area contributed by atoms with Gasteiger partial charge in [0.1, 0.15) is 0 Å². The lowest BCUT2D eigenvalue weighted by Gasteiger charge is -2.35. The summed E-state index contributed by atoms with van der Waals surface area (Å²) >= 11 is 1.04. The lowest BCUT2D eigenvalue weighted by Crippen LogP contribution is -2.57. The van der Waals surface area contributed by atoms with Crippen molar-refractivity contribution >= 4 is 33.8 Å². The molecular formula is C27H17F3N6OS. The van der Waals surface area contributed by atoms with Gasteiger partial charge in [-0.2, -0.15) is 18.3 Å². The number of alkyl halides is 3. The highest BCUT2D eigenvalue weighted by Crippen LogP contribution is 2.45. The molecule has 1 amide bonds. The largest absolute Gasteiger partial charge is 0.421 e. The van der Waals surface area contributed by atoms with E-state index in [0.29, 0.717) is 5.56 Å². The molecule has 6 aromatic rings. The summed E-state index contributed by atoms with van der Waals surface area (Å²) in [6.07, 6.45) is 2.13. The van der Waals surface area contributed by atoms with Crippen LogP contribution in [0.4, 0.5) is 13.2 Å². The average Bonchev–Trinajstić information content (AvgIpc) is 3.62. The van der Waals surface area contributed by atoms with E-state index in [0.717, 1.165) is 34.0 Å². The molecule has 0 fully saturated rings. The number of hydrogen-bond donors (Lipinski definition) is 1. The Morgan fingerprint density at radius 2 is 1.76 bits per heavy atom. The normalized spacial score (nSPS) is 13.4. The predicted octanol–water partition coefficient (Wildman–Crippen LogP) is 5.64. The predicted molar refractivity (Wildman–Crippen MR) is 137 cm³/mol. The van der Waals surface area contributed by atoms with Crippen molar-refractivity contribution in [3.8, 4) is 11.1 Å². The molecule has 0 aliphatic heterocycles. The van der Waals surface area contributed by atoms with Crippen LogP contribution in [0.5, 0.6) is 0 Å². The highest BCUT2D eigenvalue weighted by atomic mass is 32.1. The van der Waals surface area contributed by atoms with Crippen LogP contribution in [-0.2, 0) is 5.54 Å². The van der Waals surface area contributed by atoms with Crippen LogP contribution < -0.4 is 5.32 Å². The molecule has 0 aliphatic carbocycles. The summed E-state index contributed by atoms with van der Waals surface area (Å²) in [5, 5.41) is 8.97. The first-order chi connectivity index (χ1) is 18.4. The number of pyridine rings is 2. The molecule has 1 unspecified atom stereocenters. The quantitative estimate of drug-likeness (QED) is 0.312. The highest BCUT2D eigenvalue weighted by molar-refractivity contribution is 7.12. The number of nitrogens with zero attached hydrogens (tertiary/aromatic N) is 5. The maximum absolute atomic E-state index is 15.1. The molecule has 188 valence electrons. The van der Waals surface area contributed by atoms with E-state index in [4.69, 9.17) is 0 Å². The van der Waals surface area contributed by atoms with Gasteiger partial charge in [-0.3, -0.25) is 14.8 Å². The average molecular weight is 531 g/mol. The van der Waals surface area contributed by atoms with E-state index in [2.05, 4.69) is 25.4 Å². The van der Waals surface area contributed by atoms with Crippen molar-refractivity contribution in [2.75, 3.05) is 0 Å². The third-order valence-corrected chi connectivity index (χ3v) is 7.09. The Morgan fingerprint density at radius 1 is 0.895 bits per heavy atom. The third kappa shape index (κ3) is 3.88. The molecule has 0 aliphatic rings. The fraction of sp³-hybridized carbons (Fsp3) is 0.0741. The molecule has 0 saturated carbocycles. The number of nitrogens with one attached hydrogen (secondary N) is 1. The maximum Gasteiger partial charge on any atom is 0.421 e. The van der Waals surface area contributed by atoms with Gasteiger partial charge in [0.15, 0.2) is 5.65 Å². The van der Waals surface area contributed by atoms with Gasteiger partial charge in [-0.1, -0.05) is 24.3 Å². The Kier molecular flexibility index (Phi) is 5.64. The van der Waals surface area contributed by atoms with Crippen LogP contribution in [0, 0.1) is 0 Å². The summed E-state index contributed by atoms with van der Waals surface area (Å²) in [6.45, 7) is 0. The van der Waals surface area contributed by atoms with Crippen LogP contribution in [0.25, 0.3) is 27.7 Å². The number of carbonyl (C=O) groups excluding carboxylic acids is 1. The molecule has 38 heavy (non-hydrogen) atoms. The minimum absolute atomic E-state index is 0.0642. The van der Waals surface area contributed by atoms with E-state index in [9.17, 15) is 4.79 Å². The van der Waals surface area contributed by atoms with Gasteiger partial charge in [0.25, 0.3) is 5.91 Å². The van der Waals surface area contributed by atoms with Crippen LogP contribution in [0.2, 0.25) is 0 Å². The Hall–Kier alpha value is -4.64. The van der Waals surface area contributed by atoms with Gasteiger partial charge in [-0.15, -0.1) is 11.3 Å². The summed E-state index contributed by atoms with van der Waals surface area (Å²) in [4.78, 5) is 25.9. The van der Waals surface area contributed by atoms with Crippen molar-refractivity contribution in [2.24, 2.45) is 0 Å². The lowest BCUT2D eigenvalue weighted by molar-refractivity contribution is -0.185. The molecule has 5 aromatic heterocycles. The summed E-state index contributed by atoms with van der Waals surface area (Å²) in [6, 6.07) is 16.6. The molecule has 0 radical (unpaired) electrons. The first-order valence-corrected chi connectivity index (χ1v) is 12.3. The zero-order chi connectivity index (χ0) is 26.3. The lowest BCUT2D eigenvalue weighted by atomic mass is 9.86. The summed E-state index contributed by atoms with van der Waals surface area (Å²) in [5.74, 6) is -0.885. The Morgan fingerprint density at radius 3 is 2.53 bits per heavy atom. The van der Waals surface area contributed by atoms with Crippen LogP contribution in [-0.4, -0.2) is 36.6 Å². The van der Waals surface area contributed by atoms with Gasteiger partial charge in [-0.25, -0.2) is 9.50 Å². The first-order valence-electron chi connectivity index (χ1n) is 11.4. The second kappa shape index (κ2) is 9.03. The number of thiophene rings is 1. The van der Waals surface area contributed by atoms with Crippen molar-refractivity contribution in [1.82, 2.24) is 29.9 Å². The molecule has 0 saturated heterocycles. The summed E-state index contributed by atoms with van der Waals surface area (Å²) in [5.41, 5.74) is -1.54. The molecule has 7 nitrogen and oxygen atoms in total. The monoisotopic (exact) mass is 530 g/mol. The zero-order valence-corrected chi connectivity index (χ0v) is 20.2. The van der Waals surface area contributed by atoms with Gasteiger partial charge >= 0.3 is 6.18 Å². The molecule has 1 atom stereocenters. The minimum atomic E-state index is -4.98. The Labute approximate surface area is 217 Å². The van der Waals surface area contributed by atoms with Gasteiger partial charge in [-0.05, 0) is 47.3 Å².